The second-order valence-corrected chi connectivity index (χ2v) is 15.6. The summed E-state index contributed by atoms with van der Waals surface area (Å²) in [5, 5.41) is 5.11. The van der Waals surface area contributed by atoms with E-state index >= 15 is 0 Å². The fourth-order valence-corrected chi connectivity index (χ4v) is 9.70. The van der Waals surface area contributed by atoms with E-state index in [1.807, 2.05) is 11.3 Å². The number of para-hydroxylation sites is 4. The minimum Gasteiger partial charge on any atom is -0.311 e. The number of thiophene rings is 1. The van der Waals surface area contributed by atoms with E-state index in [0.29, 0.717) is 0 Å². The van der Waals surface area contributed by atoms with Crippen LogP contribution in [-0.4, -0.2) is 4.57 Å². The molecule has 2 aromatic heterocycles. The average molecular weight is 760 g/mol. The number of aromatic nitrogens is 1. The number of nitrogens with zero attached hydrogens (tertiary/aromatic N) is 3. The van der Waals surface area contributed by atoms with Crippen LogP contribution in [0.5, 0.6) is 0 Å². The number of hydrogen-bond donors (Lipinski definition) is 0. The summed E-state index contributed by atoms with van der Waals surface area (Å²) in [4.78, 5) is 4.72. The van der Waals surface area contributed by atoms with Crippen LogP contribution in [0.2, 0.25) is 0 Å². The van der Waals surface area contributed by atoms with E-state index in [9.17, 15) is 0 Å². The molecule has 9 aromatic carbocycles. The second-order valence-electron chi connectivity index (χ2n) is 14.6. The molecule has 0 aliphatic carbocycles. The molecule has 0 saturated heterocycles. The molecule has 3 nitrogen and oxygen atoms in total. The van der Waals surface area contributed by atoms with Crippen LogP contribution in [0.4, 0.5) is 34.1 Å². The molecule has 0 saturated carbocycles. The van der Waals surface area contributed by atoms with E-state index < -0.39 is 0 Å². The summed E-state index contributed by atoms with van der Waals surface area (Å²) in [6.45, 7) is 0. The summed E-state index contributed by atoms with van der Waals surface area (Å²) in [5.74, 6) is 0. The van der Waals surface area contributed by atoms with Crippen molar-refractivity contribution in [3.8, 4) is 16.8 Å². The Morgan fingerprint density at radius 1 is 0.310 bits per heavy atom. The third-order valence-corrected chi connectivity index (χ3v) is 12.4. The highest BCUT2D eigenvalue weighted by Crippen LogP contribution is 2.46. The zero-order valence-corrected chi connectivity index (χ0v) is 32.4. The van der Waals surface area contributed by atoms with E-state index in [1.165, 1.54) is 53.1 Å². The molecule has 11 rings (SSSR count). The Hall–Kier alpha value is -7.40. The van der Waals surface area contributed by atoms with Gasteiger partial charge in [0, 0.05) is 60.4 Å². The van der Waals surface area contributed by atoms with Gasteiger partial charge in [-0.15, -0.1) is 11.3 Å². The van der Waals surface area contributed by atoms with Gasteiger partial charge in [-0.1, -0.05) is 127 Å². The Bertz CT molecular complexity index is 3110. The van der Waals surface area contributed by atoms with Crippen molar-refractivity contribution in [2.75, 3.05) is 9.80 Å². The monoisotopic (exact) mass is 759 g/mol. The first-order valence-corrected chi connectivity index (χ1v) is 20.5. The Labute approximate surface area is 341 Å². The van der Waals surface area contributed by atoms with Crippen molar-refractivity contribution in [2.45, 2.75) is 0 Å². The molecule has 11 aromatic rings. The van der Waals surface area contributed by atoms with Crippen molar-refractivity contribution in [3.63, 3.8) is 0 Å². The molecular formula is C54H37N3S. The third kappa shape index (κ3) is 5.82. The largest absolute Gasteiger partial charge is 0.311 e. The summed E-state index contributed by atoms with van der Waals surface area (Å²) in [5.41, 5.74) is 12.6. The van der Waals surface area contributed by atoms with E-state index in [2.05, 4.69) is 239 Å². The van der Waals surface area contributed by atoms with Crippen molar-refractivity contribution in [1.82, 2.24) is 4.57 Å². The number of benzene rings is 9. The SMILES string of the molecule is c1ccc(N(c2ccccc2)c2ccc(N(c3ccc(-c4ccc(-n5c6ccccc6c6ccccc65)cc4)cc3)c3cccc4c3sc3ccccc34)cc2)cc1. The maximum atomic E-state index is 2.41. The third-order valence-electron chi connectivity index (χ3n) is 11.2. The first kappa shape index (κ1) is 33.9. The van der Waals surface area contributed by atoms with Crippen LogP contribution in [0.1, 0.15) is 0 Å². The molecule has 0 amide bonds. The van der Waals surface area contributed by atoms with Crippen molar-refractivity contribution < 1.29 is 0 Å². The highest BCUT2D eigenvalue weighted by Gasteiger charge is 2.20. The summed E-state index contributed by atoms with van der Waals surface area (Å²) >= 11 is 1.86. The Balaban J connectivity index is 0.989. The van der Waals surface area contributed by atoms with Gasteiger partial charge in [-0.3, -0.25) is 0 Å². The molecule has 0 aliphatic heterocycles. The van der Waals surface area contributed by atoms with Crippen LogP contribution in [0.3, 0.4) is 0 Å². The normalized spacial score (nSPS) is 11.4. The zero-order valence-electron chi connectivity index (χ0n) is 31.6. The number of anilines is 6. The molecule has 58 heavy (non-hydrogen) atoms. The zero-order chi connectivity index (χ0) is 38.4. The van der Waals surface area contributed by atoms with E-state index in [-0.39, 0.29) is 0 Å². The summed E-state index contributed by atoms with van der Waals surface area (Å²) < 4.78 is 4.93. The molecule has 0 N–H and O–H groups in total. The predicted octanol–water partition coefficient (Wildman–Crippen LogP) is 15.8. The topological polar surface area (TPSA) is 11.4 Å². The van der Waals surface area contributed by atoms with Crippen LogP contribution < -0.4 is 9.80 Å². The minimum atomic E-state index is 1.10. The van der Waals surface area contributed by atoms with E-state index in [0.717, 1.165) is 39.8 Å². The van der Waals surface area contributed by atoms with E-state index in [4.69, 9.17) is 0 Å². The van der Waals surface area contributed by atoms with Gasteiger partial charge >= 0.3 is 0 Å². The molecular weight excluding hydrogens is 723 g/mol. The maximum absolute atomic E-state index is 2.41. The lowest BCUT2D eigenvalue weighted by atomic mass is 10.0. The first-order valence-electron chi connectivity index (χ1n) is 19.7. The number of fused-ring (bicyclic) bond motifs is 6. The molecule has 0 aliphatic rings. The molecule has 0 unspecified atom stereocenters. The number of hydrogen-bond acceptors (Lipinski definition) is 3. The molecule has 0 atom stereocenters. The van der Waals surface area contributed by atoms with Gasteiger partial charge in [-0.05, 0) is 108 Å². The molecule has 2 heterocycles. The van der Waals surface area contributed by atoms with Crippen molar-refractivity contribution in [3.05, 3.63) is 224 Å². The van der Waals surface area contributed by atoms with Crippen molar-refractivity contribution in [1.29, 1.82) is 0 Å². The summed E-state index contributed by atoms with van der Waals surface area (Å²) in [6, 6.07) is 80.9. The lowest BCUT2D eigenvalue weighted by molar-refractivity contribution is 1.18. The summed E-state index contributed by atoms with van der Waals surface area (Å²) in [7, 11) is 0. The fraction of sp³-hybridized carbons (Fsp3) is 0. The van der Waals surface area contributed by atoms with Gasteiger partial charge in [0.05, 0.1) is 21.4 Å². The van der Waals surface area contributed by atoms with Gasteiger partial charge < -0.3 is 14.4 Å². The van der Waals surface area contributed by atoms with Crippen molar-refractivity contribution in [2.24, 2.45) is 0 Å². The van der Waals surface area contributed by atoms with Gasteiger partial charge in [0.2, 0.25) is 0 Å². The van der Waals surface area contributed by atoms with Crippen LogP contribution >= 0.6 is 11.3 Å². The molecule has 0 radical (unpaired) electrons. The minimum absolute atomic E-state index is 1.10. The van der Waals surface area contributed by atoms with Crippen LogP contribution in [0.15, 0.2) is 224 Å². The molecule has 0 fully saturated rings. The fourth-order valence-electron chi connectivity index (χ4n) is 8.49. The lowest BCUT2D eigenvalue weighted by Crippen LogP contribution is -2.12. The number of rotatable bonds is 8. The van der Waals surface area contributed by atoms with Crippen LogP contribution in [0.25, 0.3) is 58.8 Å². The summed E-state index contributed by atoms with van der Waals surface area (Å²) in [6.07, 6.45) is 0. The highest BCUT2D eigenvalue weighted by molar-refractivity contribution is 7.26. The average Bonchev–Trinajstić information content (AvgIpc) is 3.85. The molecule has 4 heteroatoms. The lowest BCUT2D eigenvalue weighted by Gasteiger charge is -2.28. The van der Waals surface area contributed by atoms with Crippen molar-refractivity contribution >= 4 is 87.4 Å². The molecule has 0 bridgehead atoms. The van der Waals surface area contributed by atoms with Crippen LogP contribution in [0, 0.1) is 0 Å². The molecule has 0 spiro atoms. The Kier molecular flexibility index (Phi) is 8.34. The first-order chi connectivity index (χ1) is 28.8. The van der Waals surface area contributed by atoms with E-state index in [1.54, 1.807) is 0 Å². The molecule has 274 valence electrons. The highest BCUT2D eigenvalue weighted by atomic mass is 32.1. The van der Waals surface area contributed by atoms with Gasteiger partial charge in [-0.25, -0.2) is 0 Å². The standard InChI is InChI=1S/C54H37N3S/c1-3-14-40(15-4-1)55(41-16-5-2-6-17-41)42-34-36-44(37-35-42)56(52-24-13-21-49-48-20-9-12-25-53(48)58-54(49)52)43-30-26-38(27-31-43)39-28-32-45(33-29-39)57-50-22-10-7-18-46(50)47-19-8-11-23-51(47)57/h1-37H. The van der Waals surface area contributed by atoms with Gasteiger partial charge in [0.25, 0.3) is 0 Å². The predicted molar refractivity (Wildman–Crippen MR) is 248 cm³/mol. The van der Waals surface area contributed by atoms with Gasteiger partial charge in [0.1, 0.15) is 0 Å². The smallest absolute Gasteiger partial charge is 0.0640 e. The van der Waals surface area contributed by atoms with Gasteiger partial charge in [0.15, 0.2) is 0 Å². The quantitative estimate of drug-likeness (QED) is 0.153. The van der Waals surface area contributed by atoms with Crippen LogP contribution in [-0.2, 0) is 0 Å². The Morgan fingerprint density at radius 2 is 0.741 bits per heavy atom. The second kappa shape index (κ2) is 14.3. The maximum Gasteiger partial charge on any atom is 0.0640 e. The Morgan fingerprint density at radius 3 is 1.33 bits per heavy atom. The van der Waals surface area contributed by atoms with Gasteiger partial charge in [-0.2, -0.15) is 0 Å².